The van der Waals surface area contributed by atoms with Crippen molar-refractivity contribution in [1.82, 2.24) is 10.2 Å². The van der Waals surface area contributed by atoms with Gasteiger partial charge >= 0.3 is 0 Å². The molecule has 1 aromatic rings. The number of hydrogen-bond acceptors (Lipinski definition) is 6. The van der Waals surface area contributed by atoms with E-state index >= 15 is 0 Å². The molecule has 9 heteroatoms. The molecule has 1 aromatic carbocycles. The third kappa shape index (κ3) is 5.80. The molecule has 1 aliphatic heterocycles. The van der Waals surface area contributed by atoms with Crippen molar-refractivity contribution in [3.63, 3.8) is 0 Å². The molecule has 4 bridgehead atoms. The molecule has 5 aliphatic carbocycles. The summed E-state index contributed by atoms with van der Waals surface area (Å²) in [6.07, 6.45) is 8.49. The number of aliphatic hydroxyl groups is 2. The Morgan fingerprint density at radius 2 is 1.82 bits per heavy atom. The summed E-state index contributed by atoms with van der Waals surface area (Å²) >= 11 is 2.20. The standard InChI is InChI=1S/C31H41IN2O6/c32-23-4-1-2-5-25(23)40-27-14-22(29(37)33-7-8-35)13-24(28(27)36)34(30(38)26-6-3-9-39-26)18-31-15-19-10-20(16-31)12-21(11-19)17-31/h1-2,4-5,14,19-21,24,26-28,35-36H,3,6-13,15-18H2,(H,33,37)/t19?,20?,21?,24-,26?,27+,28+,31?/m1/s1. The van der Waals surface area contributed by atoms with Crippen LogP contribution in [0.3, 0.4) is 0 Å². The lowest BCUT2D eigenvalue weighted by molar-refractivity contribution is -0.155. The number of carbonyl (C=O) groups excluding carboxylic acids is 2. The van der Waals surface area contributed by atoms with Crippen LogP contribution in [0, 0.1) is 26.7 Å². The van der Waals surface area contributed by atoms with Crippen molar-refractivity contribution in [3.8, 4) is 5.75 Å². The van der Waals surface area contributed by atoms with Crippen LogP contribution in [0.2, 0.25) is 0 Å². The number of nitrogens with one attached hydrogen (secondary N) is 1. The van der Waals surface area contributed by atoms with E-state index in [1.165, 1.54) is 19.3 Å². The summed E-state index contributed by atoms with van der Waals surface area (Å²) in [5, 5.41) is 23.9. The predicted octanol–water partition coefficient (Wildman–Crippen LogP) is 3.43. The monoisotopic (exact) mass is 664 g/mol. The summed E-state index contributed by atoms with van der Waals surface area (Å²) in [4.78, 5) is 29.2. The zero-order valence-electron chi connectivity index (χ0n) is 23.0. The third-order valence-electron chi connectivity index (χ3n) is 9.87. The maximum atomic E-state index is 14.2. The molecule has 1 heterocycles. The Kier molecular flexibility index (Phi) is 8.45. The normalized spacial score (nSPS) is 36.3. The minimum Gasteiger partial charge on any atom is -0.482 e. The average molecular weight is 665 g/mol. The van der Waals surface area contributed by atoms with E-state index in [-0.39, 0.29) is 36.8 Å². The van der Waals surface area contributed by atoms with E-state index in [2.05, 4.69) is 27.9 Å². The summed E-state index contributed by atoms with van der Waals surface area (Å²) in [6.45, 7) is 1.14. The lowest BCUT2D eigenvalue weighted by atomic mass is 9.49. The molecular formula is C31H41IN2O6. The van der Waals surface area contributed by atoms with Gasteiger partial charge in [0.15, 0.2) is 0 Å². The van der Waals surface area contributed by atoms with Gasteiger partial charge in [0, 0.05) is 31.7 Å². The molecule has 1 saturated heterocycles. The molecule has 2 amide bonds. The molecule has 4 atom stereocenters. The summed E-state index contributed by atoms with van der Waals surface area (Å²) in [5.74, 6) is 2.45. The number of para-hydroxylation sites is 1. The van der Waals surface area contributed by atoms with Gasteiger partial charge in [0.1, 0.15) is 24.1 Å². The lowest BCUT2D eigenvalue weighted by Gasteiger charge is -2.58. The quantitative estimate of drug-likeness (QED) is 0.350. The van der Waals surface area contributed by atoms with Crippen LogP contribution in [0.4, 0.5) is 0 Å². The van der Waals surface area contributed by atoms with E-state index in [1.54, 1.807) is 6.08 Å². The molecule has 0 radical (unpaired) electrons. The molecular weight excluding hydrogens is 623 g/mol. The number of hydrogen-bond donors (Lipinski definition) is 3. The molecule has 3 N–H and O–H groups in total. The van der Waals surface area contributed by atoms with E-state index in [9.17, 15) is 19.8 Å². The molecule has 0 spiro atoms. The molecule has 4 saturated carbocycles. The first-order valence-corrected chi connectivity index (χ1v) is 16.0. The first kappa shape index (κ1) is 28.4. The van der Waals surface area contributed by atoms with E-state index in [0.717, 1.165) is 47.0 Å². The van der Waals surface area contributed by atoms with Gasteiger partial charge in [-0.05, 0) is 115 Å². The lowest BCUT2D eigenvalue weighted by Crippen LogP contribution is -2.61. The van der Waals surface area contributed by atoms with E-state index < -0.39 is 24.4 Å². The van der Waals surface area contributed by atoms with Gasteiger partial charge in [0.2, 0.25) is 5.91 Å². The van der Waals surface area contributed by atoms with Crippen molar-refractivity contribution in [1.29, 1.82) is 0 Å². The van der Waals surface area contributed by atoms with Crippen molar-refractivity contribution < 1.29 is 29.3 Å². The molecule has 6 aliphatic rings. The number of ether oxygens (including phenoxy) is 2. The zero-order chi connectivity index (χ0) is 27.9. The van der Waals surface area contributed by atoms with Crippen molar-refractivity contribution in [2.75, 3.05) is 26.3 Å². The molecule has 1 unspecified atom stereocenters. The van der Waals surface area contributed by atoms with E-state index in [0.29, 0.717) is 30.9 Å². The highest BCUT2D eigenvalue weighted by Gasteiger charge is 2.53. The topological polar surface area (TPSA) is 108 Å². The highest BCUT2D eigenvalue weighted by atomic mass is 127. The van der Waals surface area contributed by atoms with Crippen LogP contribution in [0.1, 0.15) is 57.8 Å². The van der Waals surface area contributed by atoms with Crippen molar-refractivity contribution in [2.45, 2.75) is 82.1 Å². The number of aliphatic hydroxyl groups excluding tert-OH is 2. The number of halogens is 1. The Morgan fingerprint density at radius 1 is 1.12 bits per heavy atom. The smallest absolute Gasteiger partial charge is 0.252 e. The van der Waals surface area contributed by atoms with Gasteiger partial charge in [-0.25, -0.2) is 0 Å². The largest absolute Gasteiger partial charge is 0.482 e. The van der Waals surface area contributed by atoms with Gasteiger partial charge in [0.25, 0.3) is 5.91 Å². The Balaban J connectivity index is 1.33. The fourth-order valence-corrected chi connectivity index (χ4v) is 9.14. The van der Waals surface area contributed by atoms with Crippen LogP contribution in [0.15, 0.2) is 35.9 Å². The summed E-state index contributed by atoms with van der Waals surface area (Å²) in [5.41, 5.74) is 0.532. The predicted molar refractivity (Wildman–Crippen MR) is 157 cm³/mol. The van der Waals surface area contributed by atoms with E-state index in [1.807, 2.05) is 29.2 Å². The Morgan fingerprint density at radius 3 is 2.45 bits per heavy atom. The second-order valence-electron chi connectivity index (χ2n) is 12.8. The number of nitrogens with zero attached hydrogens (tertiary/aromatic N) is 1. The van der Waals surface area contributed by atoms with Crippen LogP contribution in [0.25, 0.3) is 0 Å². The SMILES string of the molecule is O=C(NCCO)C1=C[C@H](Oc2ccccc2I)[C@@H](O)[C@H](N(CC23CC4CC(CC(C4)C2)C3)C(=O)C2CCCO2)C1. The van der Waals surface area contributed by atoms with Gasteiger partial charge in [-0.2, -0.15) is 0 Å². The van der Waals surface area contributed by atoms with Crippen molar-refractivity contribution >= 4 is 34.4 Å². The number of rotatable bonds is 9. The van der Waals surface area contributed by atoms with Crippen molar-refractivity contribution in [2.24, 2.45) is 23.2 Å². The second-order valence-corrected chi connectivity index (χ2v) is 14.0. The van der Waals surface area contributed by atoms with Gasteiger partial charge in [0.05, 0.1) is 16.2 Å². The molecule has 218 valence electrons. The molecule has 7 rings (SSSR count). The van der Waals surface area contributed by atoms with Crippen LogP contribution in [0.5, 0.6) is 5.75 Å². The fraction of sp³-hybridized carbons (Fsp3) is 0.677. The zero-order valence-corrected chi connectivity index (χ0v) is 25.1. The molecule has 40 heavy (non-hydrogen) atoms. The third-order valence-corrected chi connectivity index (χ3v) is 10.8. The number of amides is 2. The summed E-state index contributed by atoms with van der Waals surface area (Å²) in [6, 6.07) is 6.97. The first-order valence-electron chi connectivity index (χ1n) is 15.0. The van der Waals surface area contributed by atoms with Crippen LogP contribution in [-0.2, 0) is 14.3 Å². The first-order chi connectivity index (χ1) is 19.3. The van der Waals surface area contributed by atoms with E-state index in [4.69, 9.17) is 9.47 Å². The molecule has 0 aromatic heterocycles. The minimum atomic E-state index is -1.01. The number of benzene rings is 1. The maximum absolute atomic E-state index is 14.2. The summed E-state index contributed by atoms with van der Waals surface area (Å²) < 4.78 is 13.1. The highest BCUT2D eigenvalue weighted by molar-refractivity contribution is 14.1. The number of carbonyl (C=O) groups is 2. The Labute approximate surface area is 250 Å². The second kappa shape index (κ2) is 11.9. The van der Waals surface area contributed by atoms with Gasteiger partial charge in [-0.1, -0.05) is 12.1 Å². The van der Waals surface area contributed by atoms with Crippen LogP contribution < -0.4 is 10.1 Å². The van der Waals surface area contributed by atoms with Gasteiger partial charge in [-0.15, -0.1) is 0 Å². The van der Waals surface area contributed by atoms with Crippen molar-refractivity contribution in [3.05, 3.63) is 39.5 Å². The maximum Gasteiger partial charge on any atom is 0.252 e. The Hall–Kier alpha value is -1.69. The summed E-state index contributed by atoms with van der Waals surface area (Å²) in [7, 11) is 0. The van der Waals surface area contributed by atoms with Crippen LogP contribution in [-0.4, -0.2) is 77.6 Å². The van der Waals surface area contributed by atoms with Crippen LogP contribution >= 0.6 is 22.6 Å². The fourth-order valence-electron chi connectivity index (χ4n) is 8.63. The Bertz CT molecular complexity index is 1100. The molecule has 8 nitrogen and oxygen atoms in total. The molecule has 5 fully saturated rings. The average Bonchev–Trinajstić information content (AvgIpc) is 3.47. The minimum absolute atomic E-state index is 0.0639. The van der Waals surface area contributed by atoms with Gasteiger partial charge < -0.3 is 29.9 Å². The highest BCUT2D eigenvalue weighted by Crippen LogP contribution is 2.60. The van der Waals surface area contributed by atoms with Gasteiger partial charge in [-0.3, -0.25) is 9.59 Å².